The summed E-state index contributed by atoms with van der Waals surface area (Å²) >= 11 is 0. The number of hydrogen-bond acceptors (Lipinski definition) is 4. The highest BCUT2D eigenvalue weighted by Gasteiger charge is 2.05. The van der Waals surface area contributed by atoms with Crippen LogP contribution in [0.2, 0.25) is 0 Å². The lowest BCUT2D eigenvalue weighted by molar-refractivity contribution is -0.118. The molecule has 0 spiro atoms. The van der Waals surface area contributed by atoms with E-state index < -0.39 is 11.8 Å². The van der Waals surface area contributed by atoms with Gasteiger partial charge >= 0.3 is 0 Å². The molecule has 0 fully saturated rings. The molecule has 4 N–H and O–H groups in total. The Hall–Kier alpha value is -1.58. The summed E-state index contributed by atoms with van der Waals surface area (Å²) in [5.41, 5.74) is 0. The number of nitrogens with one attached hydrogen (secondary N) is 2. The largest absolute Gasteiger partial charge is 0.396 e. The van der Waals surface area contributed by atoms with E-state index in [0.29, 0.717) is 12.8 Å². The fourth-order valence-corrected chi connectivity index (χ4v) is 1.16. The number of hydrogen-bond donors (Lipinski definition) is 4. The molecule has 2 unspecified atom stereocenters. The van der Waals surface area contributed by atoms with E-state index in [4.69, 9.17) is 10.2 Å². The second-order valence-corrected chi connectivity index (χ2v) is 4.02. The Kier molecular flexibility index (Phi) is 8.62. The van der Waals surface area contributed by atoms with E-state index in [1.54, 1.807) is 13.8 Å². The van der Waals surface area contributed by atoms with Gasteiger partial charge in [0.15, 0.2) is 0 Å². The minimum atomic E-state index is -0.555. The van der Waals surface area contributed by atoms with E-state index in [1.165, 1.54) is 0 Å². The summed E-state index contributed by atoms with van der Waals surface area (Å²) in [4.78, 5) is 22.5. The van der Waals surface area contributed by atoms with E-state index in [2.05, 4.69) is 22.5 Å². The molecule has 0 saturated heterocycles. The van der Waals surface area contributed by atoms with Crippen molar-refractivity contribution < 1.29 is 19.8 Å². The molecule has 6 nitrogen and oxygen atoms in total. The minimum absolute atomic E-state index is 0.0198. The zero-order valence-electron chi connectivity index (χ0n) is 10.7. The standard InChI is InChI=1S/C12H20N2O4/c1-9(5-7-15)13-11(17)3-4-12(18)14-10(2)6-8-16/h9-10,15-16H,5-8H2,1-2H3,(H,13,17)(H,14,18). The van der Waals surface area contributed by atoms with Crippen LogP contribution in [-0.2, 0) is 9.59 Å². The Bertz CT molecular complexity index is 303. The van der Waals surface area contributed by atoms with Gasteiger partial charge in [-0.05, 0) is 26.7 Å². The highest BCUT2D eigenvalue weighted by Crippen LogP contribution is 1.88. The van der Waals surface area contributed by atoms with Crippen molar-refractivity contribution in [1.29, 1.82) is 0 Å². The molecule has 18 heavy (non-hydrogen) atoms. The van der Waals surface area contributed by atoms with Crippen molar-refractivity contribution in [3.8, 4) is 11.8 Å². The van der Waals surface area contributed by atoms with E-state index in [-0.39, 0.29) is 25.3 Å². The summed E-state index contributed by atoms with van der Waals surface area (Å²) in [6, 6.07) is -0.374. The van der Waals surface area contributed by atoms with Gasteiger partial charge < -0.3 is 20.8 Å². The van der Waals surface area contributed by atoms with Crippen LogP contribution in [0.5, 0.6) is 0 Å². The van der Waals surface area contributed by atoms with Crippen molar-refractivity contribution in [2.24, 2.45) is 0 Å². The predicted octanol–water partition coefficient (Wildman–Crippen LogP) is -1.24. The first-order valence-electron chi connectivity index (χ1n) is 5.84. The Morgan fingerprint density at radius 3 is 1.56 bits per heavy atom. The molecule has 0 aliphatic rings. The SMILES string of the molecule is CC(CCO)NC(=O)C#CC(=O)NC(C)CCO. The van der Waals surface area contributed by atoms with Crippen molar-refractivity contribution in [3.05, 3.63) is 0 Å². The van der Waals surface area contributed by atoms with Gasteiger partial charge in [0.25, 0.3) is 11.8 Å². The first kappa shape index (κ1) is 16.4. The average Bonchev–Trinajstić information content (AvgIpc) is 2.27. The molecule has 6 heteroatoms. The maximum Gasteiger partial charge on any atom is 0.296 e. The molecule has 0 aliphatic carbocycles. The van der Waals surface area contributed by atoms with Crippen molar-refractivity contribution in [2.75, 3.05) is 13.2 Å². The van der Waals surface area contributed by atoms with E-state index in [9.17, 15) is 9.59 Å². The number of rotatable bonds is 6. The molecule has 0 aromatic carbocycles. The van der Waals surface area contributed by atoms with Crippen LogP contribution in [-0.4, -0.2) is 47.3 Å². The molecular weight excluding hydrogens is 236 g/mol. The molecular formula is C12H20N2O4. The molecule has 0 aromatic heterocycles. The fourth-order valence-electron chi connectivity index (χ4n) is 1.16. The van der Waals surface area contributed by atoms with E-state index in [1.807, 2.05) is 0 Å². The van der Waals surface area contributed by atoms with Crippen LogP contribution in [0.25, 0.3) is 0 Å². The Morgan fingerprint density at radius 2 is 1.28 bits per heavy atom. The summed E-state index contributed by atoms with van der Waals surface area (Å²) in [5, 5.41) is 22.3. The van der Waals surface area contributed by atoms with Crippen molar-refractivity contribution in [3.63, 3.8) is 0 Å². The minimum Gasteiger partial charge on any atom is -0.396 e. The van der Waals surface area contributed by atoms with Crippen molar-refractivity contribution >= 4 is 11.8 Å². The van der Waals surface area contributed by atoms with Gasteiger partial charge in [-0.3, -0.25) is 9.59 Å². The summed E-state index contributed by atoms with van der Waals surface area (Å²) < 4.78 is 0. The molecule has 0 rings (SSSR count). The topological polar surface area (TPSA) is 98.7 Å². The number of aliphatic hydroxyl groups is 2. The normalized spacial score (nSPS) is 12.9. The van der Waals surface area contributed by atoms with Crippen molar-refractivity contribution in [2.45, 2.75) is 38.8 Å². The maximum atomic E-state index is 11.3. The van der Waals surface area contributed by atoms with Crippen molar-refractivity contribution in [1.82, 2.24) is 10.6 Å². The molecule has 2 amide bonds. The third-order valence-corrected chi connectivity index (χ3v) is 2.17. The predicted molar refractivity (Wildman–Crippen MR) is 66.4 cm³/mol. The first-order chi connectivity index (χ1) is 8.49. The van der Waals surface area contributed by atoms with Crippen LogP contribution in [0.1, 0.15) is 26.7 Å². The molecule has 102 valence electrons. The van der Waals surface area contributed by atoms with E-state index in [0.717, 1.165) is 0 Å². The molecule has 0 aliphatic heterocycles. The molecule has 0 bridgehead atoms. The zero-order chi connectivity index (χ0) is 14.0. The lowest BCUT2D eigenvalue weighted by Gasteiger charge is -2.09. The Labute approximate surface area is 107 Å². The maximum absolute atomic E-state index is 11.3. The highest BCUT2D eigenvalue weighted by atomic mass is 16.3. The fraction of sp³-hybridized carbons (Fsp3) is 0.667. The summed E-state index contributed by atoms with van der Waals surface area (Å²) in [6.45, 7) is 3.43. The average molecular weight is 256 g/mol. The van der Waals surface area contributed by atoms with Crippen LogP contribution in [0.15, 0.2) is 0 Å². The van der Waals surface area contributed by atoms with Crippen LogP contribution in [0.3, 0.4) is 0 Å². The summed E-state index contributed by atoms with van der Waals surface area (Å²) in [7, 11) is 0. The second kappa shape index (κ2) is 9.45. The van der Waals surface area contributed by atoms with Gasteiger partial charge in [0.1, 0.15) is 0 Å². The summed E-state index contributed by atoms with van der Waals surface area (Å²) in [6.07, 6.45) is 0.875. The zero-order valence-corrected chi connectivity index (χ0v) is 10.7. The highest BCUT2D eigenvalue weighted by molar-refractivity contribution is 6.02. The molecule has 0 heterocycles. The van der Waals surface area contributed by atoms with E-state index >= 15 is 0 Å². The quantitative estimate of drug-likeness (QED) is 0.447. The Balaban J connectivity index is 4.07. The van der Waals surface area contributed by atoms with Crippen LogP contribution in [0.4, 0.5) is 0 Å². The monoisotopic (exact) mass is 256 g/mol. The number of carbonyl (C=O) groups is 2. The van der Waals surface area contributed by atoms with Gasteiger partial charge in [0, 0.05) is 37.1 Å². The number of aliphatic hydroxyl groups excluding tert-OH is 2. The third kappa shape index (κ3) is 8.56. The second-order valence-electron chi connectivity index (χ2n) is 4.02. The molecule has 0 aromatic rings. The van der Waals surface area contributed by atoms with Crippen LogP contribution in [0, 0.1) is 11.8 Å². The van der Waals surface area contributed by atoms with Crippen LogP contribution >= 0.6 is 0 Å². The molecule has 0 saturated carbocycles. The van der Waals surface area contributed by atoms with Gasteiger partial charge in [-0.15, -0.1) is 0 Å². The van der Waals surface area contributed by atoms with Gasteiger partial charge in [0.05, 0.1) is 0 Å². The van der Waals surface area contributed by atoms with Crippen LogP contribution < -0.4 is 10.6 Å². The van der Waals surface area contributed by atoms with Gasteiger partial charge in [-0.25, -0.2) is 0 Å². The number of amides is 2. The number of carbonyl (C=O) groups excluding carboxylic acids is 2. The Morgan fingerprint density at radius 1 is 0.944 bits per heavy atom. The lowest BCUT2D eigenvalue weighted by Crippen LogP contribution is -2.34. The van der Waals surface area contributed by atoms with Gasteiger partial charge in [-0.2, -0.15) is 0 Å². The summed E-state index contributed by atoms with van der Waals surface area (Å²) in [5.74, 6) is 3.22. The first-order valence-corrected chi connectivity index (χ1v) is 5.84. The lowest BCUT2D eigenvalue weighted by atomic mass is 10.2. The molecule has 2 atom stereocenters. The van der Waals surface area contributed by atoms with Gasteiger partial charge in [0.2, 0.25) is 0 Å². The van der Waals surface area contributed by atoms with Gasteiger partial charge in [-0.1, -0.05) is 0 Å². The third-order valence-electron chi connectivity index (χ3n) is 2.17. The smallest absolute Gasteiger partial charge is 0.296 e. The molecule has 0 radical (unpaired) electrons.